The van der Waals surface area contributed by atoms with E-state index in [9.17, 15) is 25.3 Å². The van der Waals surface area contributed by atoms with E-state index in [2.05, 4.69) is 4.72 Å². The molecule has 0 aromatic heterocycles. The van der Waals surface area contributed by atoms with E-state index in [1.165, 1.54) is 0 Å². The third kappa shape index (κ3) is 4.62. The van der Waals surface area contributed by atoms with Gasteiger partial charge in [-0.1, -0.05) is 0 Å². The van der Waals surface area contributed by atoms with Gasteiger partial charge < -0.3 is 5.11 Å². The average molecular weight is 338 g/mol. The van der Waals surface area contributed by atoms with Crippen molar-refractivity contribution in [2.75, 3.05) is 19.3 Å². The zero-order chi connectivity index (χ0) is 15.1. The molecule has 3 unspecified atom stereocenters. The Bertz CT molecular complexity index is 636. The first-order valence-corrected chi connectivity index (χ1v) is 9.85. The van der Waals surface area contributed by atoms with Crippen LogP contribution in [0.15, 0.2) is 0 Å². The molecule has 3 N–H and O–H groups in total. The summed E-state index contributed by atoms with van der Waals surface area (Å²) in [6.07, 6.45) is 0.821. The fourth-order valence-electron chi connectivity index (χ4n) is 1.42. The van der Waals surface area contributed by atoms with Crippen molar-refractivity contribution in [1.29, 1.82) is 0 Å². The predicted octanol–water partition coefficient (Wildman–Crippen LogP) is -2.90. The van der Waals surface area contributed by atoms with Gasteiger partial charge in [0, 0.05) is 6.54 Å². The summed E-state index contributed by atoms with van der Waals surface area (Å²) in [6.45, 7) is -0.925. The van der Waals surface area contributed by atoms with Gasteiger partial charge in [-0.05, 0) is 6.42 Å². The lowest BCUT2D eigenvalue weighted by molar-refractivity contribution is 0.211. The fourth-order valence-corrected chi connectivity index (χ4v) is 4.09. The van der Waals surface area contributed by atoms with Crippen molar-refractivity contribution in [3.8, 4) is 0 Å². The first kappa shape index (κ1) is 16.7. The number of β-amino-alcohol motifs (C(OH)–C–C–N with tert-alkyl or cyclic N) is 1. The third-order valence-electron chi connectivity index (χ3n) is 2.38. The molecule has 1 aliphatic rings. The van der Waals surface area contributed by atoms with Crippen molar-refractivity contribution >= 4 is 30.2 Å². The molecule has 10 nitrogen and oxygen atoms in total. The topological polar surface area (TPSA) is 158 Å². The molecule has 13 heteroatoms. The number of sulfonamides is 2. The third-order valence-corrected chi connectivity index (χ3v) is 5.97. The van der Waals surface area contributed by atoms with E-state index >= 15 is 0 Å². The molecular formula is C6H14N2O8S3. The number of nitrogens with one attached hydrogen (secondary N) is 1. The summed E-state index contributed by atoms with van der Waals surface area (Å²) in [4.78, 5) is 0. The quantitative estimate of drug-likeness (QED) is 0.329. The predicted molar refractivity (Wildman–Crippen MR) is 64.4 cm³/mol. The Morgan fingerprint density at radius 1 is 1.32 bits per heavy atom. The van der Waals surface area contributed by atoms with Crippen LogP contribution < -0.4 is 4.72 Å². The molecule has 1 fully saturated rings. The van der Waals surface area contributed by atoms with Gasteiger partial charge in [-0.3, -0.25) is 4.55 Å². The summed E-state index contributed by atoms with van der Waals surface area (Å²) < 4.78 is 76.7. The molecule has 114 valence electrons. The van der Waals surface area contributed by atoms with Crippen LogP contribution in [0.5, 0.6) is 0 Å². The molecule has 0 amide bonds. The fraction of sp³-hybridized carbons (Fsp3) is 1.00. The van der Waals surface area contributed by atoms with E-state index in [1.807, 2.05) is 0 Å². The van der Waals surface area contributed by atoms with Gasteiger partial charge in [-0.2, -0.15) is 12.7 Å². The van der Waals surface area contributed by atoms with E-state index < -0.39 is 47.5 Å². The van der Waals surface area contributed by atoms with E-state index in [0.717, 1.165) is 6.26 Å². The van der Waals surface area contributed by atoms with Crippen LogP contribution in [0.25, 0.3) is 0 Å². The largest absolute Gasteiger partial charge is 0.374 e. The molecule has 0 bridgehead atoms. The van der Waals surface area contributed by atoms with Crippen molar-refractivity contribution in [2.24, 2.45) is 0 Å². The summed E-state index contributed by atoms with van der Waals surface area (Å²) in [6, 6.07) is 0. The van der Waals surface area contributed by atoms with E-state index in [1.54, 1.807) is 0 Å². The summed E-state index contributed by atoms with van der Waals surface area (Å²) in [5.74, 6) is 0. The van der Waals surface area contributed by atoms with E-state index in [0.29, 0.717) is 4.31 Å². The van der Waals surface area contributed by atoms with Crippen LogP contribution >= 0.6 is 0 Å². The standard InChI is InChI=1S/C6H14N2O8S3/c1-17(10,11)7-3-2-5-8(18(5,12)13)4-6(9)19(14,15)16/h5-7,9H,2-4H2,1H3,(H,14,15,16). The monoisotopic (exact) mass is 338 g/mol. The molecule has 1 saturated heterocycles. The van der Waals surface area contributed by atoms with Gasteiger partial charge in [0.1, 0.15) is 5.37 Å². The average Bonchev–Trinajstić information content (AvgIpc) is 2.65. The van der Waals surface area contributed by atoms with Crippen LogP contribution in [0.4, 0.5) is 0 Å². The van der Waals surface area contributed by atoms with Crippen molar-refractivity contribution in [1.82, 2.24) is 9.03 Å². The minimum Gasteiger partial charge on any atom is -0.374 e. The zero-order valence-corrected chi connectivity index (χ0v) is 12.2. The lowest BCUT2D eigenvalue weighted by Gasteiger charge is -2.05. The van der Waals surface area contributed by atoms with Crippen LogP contribution in [-0.2, 0) is 30.2 Å². The number of aliphatic hydroxyl groups excluding tert-OH is 1. The molecule has 19 heavy (non-hydrogen) atoms. The van der Waals surface area contributed by atoms with Crippen molar-refractivity contribution in [2.45, 2.75) is 17.2 Å². The minimum atomic E-state index is -4.74. The normalized spacial score (nSPS) is 27.9. The van der Waals surface area contributed by atoms with Crippen molar-refractivity contribution in [3.63, 3.8) is 0 Å². The molecule has 0 saturated carbocycles. The maximum atomic E-state index is 11.4. The molecule has 1 aliphatic heterocycles. The maximum absolute atomic E-state index is 11.4. The van der Waals surface area contributed by atoms with Gasteiger partial charge in [-0.25, -0.2) is 21.6 Å². The summed E-state index contributed by atoms with van der Waals surface area (Å²) in [5, 5.41) is 7.97. The Morgan fingerprint density at radius 3 is 2.26 bits per heavy atom. The van der Waals surface area contributed by atoms with Crippen LogP contribution in [-0.4, -0.2) is 69.4 Å². The Morgan fingerprint density at radius 2 is 1.84 bits per heavy atom. The number of hydrogen-bond acceptors (Lipinski definition) is 7. The Balaban J connectivity index is 2.55. The zero-order valence-electron chi connectivity index (χ0n) is 9.79. The van der Waals surface area contributed by atoms with Gasteiger partial charge in [0.25, 0.3) is 10.1 Å². The smallest absolute Gasteiger partial charge is 0.293 e. The van der Waals surface area contributed by atoms with Gasteiger partial charge in [-0.15, -0.1) is 0 Å². The molecular weight excluding hydrogens is 324 g/mol. The summed E-state index contributed by atoms with van der Waals surface area (Å²) in [5.41, 5.74) is -2.23. The highest BCUT2D eigenvalue weighted by molar-refractivity contribution is 7.96. The number of nitrogens with zero attached hydrogens (tertiary/aromatic N) is 1. The molecule has 3 atom stereocenters. The highest BCUT2D eigenvalue weighted by atomic mass is 32.2. The molecule has 0 radical (unpaired) electrons. The lowest BCUT2D eigenvalue weighted by atomic mass is 10.4. The van der Waals surface area contributed by atoms with Gasteiger partial charge in [0.2, 0.25) is 20.0 Å². The molecule has 1 rings (SSSR count). The van der Waals surface area contributed by atoms with Crippen LogP contribution in [0.2, 0.25) is 0 Å². The van der Waals surface area contributed by atoms with Crippen molar-refractivity contribution < 1.29 is 34.9 Å². The number of aliphatic hydroxyl groups is 1. The second-order valence-corrected chi connectivity index (χ2v) is 9.44. The molecule has 0 aromatic carbocycles. The summed E-state index contributed by atoms with van der Waals surface area (Å²) >= 11 is 0. The lowest BCUT2D eigenvalue weighted by Crippen LogP contribution is -2.29. The SMILES string of the molecule is CS(=O)(=O)NCCC1N(CC(O)S(=O)(=O)O)S1(=O)=O. The molecule has 0 aromatic rings. The molecule has 0 spiro atoms. The molecule has 0 aliphatic carbocycles. The van der Waals surface area contributed by atoms with Gasteiger partial charge >= 0.3 is 0 Å². The second kappa shape index (κ2) is 5.23. The Hall–Kier alpha value is -0.310. The van der Waals surface area contributed by atoms with Crippen LogP contribution in [0.1, 0.15) is 6.42 Å². The van der Waals surface area contributed by atoms with E-state index in [-0.39, 0.29) is 13.0 Å². The Kier molecular flexibility index (Phi) is 4.61. The van der Waals surface area contributed by atoms with Crippen LogP contribution in [0.3, 0.4) is 0 Å². The van der Waals surface area contributed by atoms with Crippen molar-refractivity contribution in [3.05, 3.63) is 0 Å². The Labute approximate surface area is 111 Å². The second-order valence-electron chi connectivity index (χ2n) is 3.99. The number of rotatable bonds is 7. The van der Waals surface area contributed by atoms with Gasteiger partial charge in [0.05, 0.1) is 12.8 Å². The maximum Gasteiger partial charge on any atom is 0.293 e. The highest BCUT2D eigenvalue weighted by Gasteiger charge is 2.55. The summed E-state index contributed by atoms with van der Waals surface area (Å²) in [7, 11) is -11.9. The number of hydrogen-bond donors (Lipinski definition) is 3. The van der Waals surface area contributed by atoms with E-state index in [4.69, 9.17) is 9.66 Å². The first-order chi connectivity index (χ1) is 8.36. The van der Waals surface area contributed by atoms with Crippen LogP contribution in [0, 0.1) is 0 Å². The van der Waals surface area contributed by atoms with Gasteiger partial charge in [0.15, 0.2) is 5.44 Å². The first-order valence-electron chi connectivity index (χ1n) is 4.95. The minimum absolute atomic E-state index is 0.0897. The highest BCUT2D eigenvalue weighted by Crippen LogP contribution is 2.33. The molecule has 1 heterocycles.